The number of alkyl halides is 3. The second-order valence-electron chi connectivity index (χ2n) is 5.66. The number of amides is 1. The smallest absolute Gasteiger partial charge is 0.442 e. The van der Waals surface area contributed by atoms with E-state index in [1.807, 2.05) is 0 Å². The minimum atomic E-state index is -4.97. The van der Waals surface area contributed by atoms with Gasteiger partial charge >= 0.3 is 6.36 Å². The monoisotopic (exact) mass is 468 g/mol. The summed E-state index contributed by atoms with van der Waals surface area (Å²) in [5, 5.41) is 10.6. The third-order valence-corrected chi connectivity index (χ3v) is 4.31. The number of halogens is 4. The van der Waals surface area contributed by atoms with Gasteiger partial charge in [-0.2, -0.15) is 0 Å². The molecule has 4 N–H and O–H groups in total. The van der Waals surface area contributed by atoms with Gasteiger partial charge in [-0.15, -0.1) is 13.2 Å². The highest BCUT2D eigenvalue weighted by molar-refractivity contribution is 9.10. The van der Waals surface area contributed by atoms with Crippen molar-refractivity contribution in [2.45, 2.75) is 6.36 Å². The maximum atomic E-state index is 12.7. The second kappa shape index (κ2) is 7.95. The van der Waals surface area contributed by atoms with Crippen molar-refractivity contribution in [2.24, 2.45) is 0 Å². The van der Waals surface area contributed by atoms with Crippen LogP contribution in [-0.2, 0) is 0 Å². The maximum Gasteiger partial charge on any atom is 0.573 e. The van der Waals surface area contributed by atoms with Gasteiger partial charge in [0.2, 0.25) is 0 Å². The van der Waals surface area contributed by atoms with Gasteiger partial charge in [0.25, 0.3) is 5.91 Å². The topological polar surface area (TPSA) is 114 Å². The summed E-state index contributed by atoms with van der Waals surface area (Å²) in [6.45, 7) is 0. The number of carbonyl (C=O) groups excluding carboxylic acids is 1. The molecular weight excluding hydrogens is 457 g/mol. The lowest BCUT2D eigenvalue weighted by atomic mass is 10.1. The minimum absolute atomic E-state index is 0.0347. The fourth-order valence-corrected chi connectivity index (χ4v) is 2.88. The summed E-state index contributed by atoms with van der Waals surface area (Å²) < 4.78 is 47.1. The lowest BCUT2D eigenvalue weighted by molar-refractivity contribution is -0.275. The van der Waals surface area contributed by atoms with E-state index in [2.05, 4.69) is 31.0 Å². The molecule has 29 heavy (non-hydrogen) atoms. The van der Waals surface area contributed by atoms with Crippen LogP contribution in [-0.4, -0.2) is 23.0 Å². The number of carbonyl (C=O) groups is 1. The Morgan fingerprint density at radius 1 is 1.24 bits per heavy atom. The zero-order chi connectivity index (χ0) is 21.2. The summed E-state index contributed by atoms with van der Waals surface area (Å²) >= 11 is 2.95. The normalized spacial score (nSPS) is 11.2. The van der Waals surface area contributed by atoms with Crippen LogP contribution in [0.15, 0.2) is 57.9 Å². The molecule has 1 heterocycles. The third kappa shape index (κ3) is 4.74. The largest absolute Gasteiger partial charge is 0.573 e. The van der Waals surface area contributed by atoms with Crippen molar-refractivity contribution in [3.8, 4) is 5.75 Å². The van der Waals surface area contributed by atoms with Gasteiger partial charge in [-0.1, -0.05) is 6.07 Å². The maximum absolute atomic E-state index is 12.7. The van der Waals surface area contributed by atoms with Gasteiger partial charge in [0.05, 0.1) is 16.2 Å². The fourth-order valence-electron chi connectivity index (χ4n) is 2.43. The molecule has 1 amide bonds. The number of para-hydroxylation sites is 1. The highest BCUT2D eigenvalue weighted by Crippen LogP contribution is 2.34. The van der Waals surface area contributed by atoms with E-state index < -0.39 is 18.0 Å². The number of rotatable bonds is 5. The summed E-state index contributed by atoms with van der Waals surface area (Å²) in [7, 11) is 0. The Kier molecular flexibility index (Phi) is 5.59. The third-order valence-electron chi connectivity index (χ3n) is 3.69. The molecule has 150 valence electrons. The van der Waals surface area contributed by atoms with Crippen LogP contribution in [0.5, 0.6) is 5.75 Å². The lowest BCUT2D eigenvalue weighted by Gasteiger charge is -2.15. The van der Waals surface area contributed by atoms with E-state index in [4.69, 9.17) is 15.6 Å². The number of oxazole rings is 1. The first-order valence-corrected chi connectivity index (χ1v) is 8.68. The Balaban J connectivity index is 1.90. The molecule has 0 fully saturated rings. The van der Waals surface area contributed by atoms with Crippen LogP contribution in [0.3, 0.4) is 0 Å². The molecule has 7 nitrogen and oxygen atoms in total. The van der Waals surface area contributed by atoms with Crippen molar-refractivity contribution < 1.29 is 27.1 Å². The van der Waals surface area contributed by atoms with Gasteiger partial charge < -0.3 is 20.2 Å². The van der Waals surface area contributed by atoms with E-state index in [9.17, 15) is 18.0 Å². The molecule has 0 spiro atoms. The molecule has 0 saturated carbocycles. The van der Waals surface area contributed by atoms with E-state index in [1.165, 1.54) is 42.6 Å². The van der Waals surface area contributed by atoms with Crippen LogP contribution in [0.4, 0.5) is 24.5 Å². The molecule has 0 aliphatic rings. The molecule has 0 saturated heterocycles. The molecule has 11 heteroatoms. The molecule has 0 radical (unpaired) electrons. The van der Waals surface area contributed by atoms with Crippen molar-refractivity contribution in [1.82, 2.24) is 4.98 Å². The number of hydrogen-bond donors (Lipinski definition) is 3. The molecular formula is C18H12BrF3N4O3. The zero-order valence-electron chi connectivity index (χ0n) is 14.4. The quantitative estimate of drug-likeness (QED) is 0.374. The van der Waals surface area contributed by atoms with Gasteiger partial charge in [0.1, 0.15) is 5.71 Å². The van der Waals surface area contributed by atoms with Gasteiger partial charge in [0.15, 0.2) is 17.9 Å². The van der Waals surface area contributed by atoms with Crippen molar-refractivity contribution in [2.75, 3.05) is 11.1 Å². The lowest BCUT2D eigenvalue weighted by Crippen LogP contribution is -2.21. The second-order valence-corrected chi connectivity index (χ2v) is 6.52. The average Bonchev–Trinajstić information content (AvgIpc) is 3.18. The molecule has 3 rings (SSSR count). The Morgan fingerprint density at radius 2 is 2.00 bits per heavy atom. The molecule has 2 aromatic carbocycles. The van der Waals surface area contributed by atoms with Crippen LogP contribution in [0.1, 0.15) is 21.7 Å². The average molecular weight is 469 g/mol. The highest BCUT2D eigenvalue weighted by Gasteiger charge is 2.34. The van der Waals surface area contributed by atoms with Crippen LogP contribution in [0.2, 0.25) is 0 Å². The number of aromatic nitrogens is 1. The Labute approximate surface area is 170 Å². The van der Waals surface area contributed by atoms with E-state index >= 15 is 0 Å². The Bertz CT molecular complexity index is 1070. The number of nitrogens with two attached hydrogens (primary N) is 1. The number of ether oxygens (including phenoxy) is 1. The van der Waals surface area contributed by atoms with Gasteiger partial charge in [-0.3, -0.25) is 10.2 Å². The highest BCUT2D eigenvalue weighted by atomic mass is 79.9. The first-order chi connectivity index (χ1) is 13.7. The zero-order valence-corrected chi connectivity index (χ0v) is 16.0. The minimum Gasteiger partial charge on any atom is -0.442 e. The SMILES string of the molecule is N=C(c1cnco1)c1cc(NC(=O)c2cccc(Br)c2OC(F)(F)F)ccc1N. The molecule has 3 aromatic rings. The molecule has 0 aliphatic heterocycles. The van der Waals surface area contributed by atoms with E-state index in [0.717, 1.165) is 6.39 Å². The summed E-state index contributed by atoms with van der Waals surface area (Å²) in [5.74, 6) is -1.34. The van der Waals surface area contributed by atoms with Gasteiger partial charge in [-0.25, -0.2) is 4.98 Å². The van der Waals surface area contributed by atoms with Crippen molar-refractivity contribution >= 4 is 38.9 Å². The first-order valence-electron chi connectivity index (χ1n) is 7.88. The molecule has 0 bridgehead atoms. The van der Waals surface area contributed by atoms with E-state index in [-0.39, 0.29) is 38.4 Å². The molecule has 0 atom stereocenters. The molecule has 0 aliphatic carbocycles. The summed E-state index contributed by atoms with van der Waals surface area (Å²) in [4.78, 5) is 16.3. The van der Waals surface area contributed by atoms with Gasteiger partial charge in [0, 0.05) is 16.9 Å². The number of anilines is 2. The van der Waals surface area contributed by atoms with Crippen LogP contribution >= 0.6 is 15.9 Å². The number of nitrogens with one attached hydrogen (secondary N) is 2. The number of nitrogens with zero attached hydrogens (tertiary/aromatic N) is 1. The predicted molar refractivity (Wildman–Crippen MR) is 102 cm³/mol. The number of hydrogen-bond acceptors (Lipinski definition) is 6. The van der Waals surface area contributed by atoms with Crippen molar-refractivity contribution in [3.63, 3.8) is 0 Å². The predicted octanol–water partition coefficient (Wildman–Crippen LogP) is 4.59. The standard InChI is InChI=1S/C18H12BrF3N4O3/c19-12-3-1-2-10(16(12)29-18(20,21)22)17(27)26-9-4-5-13(23)11(6-9)15(24)14-7-25-8-28-14/h1-8,24H,23H2,(H,26,27). The van der Waals surface area contributed by atoms with Gasteiger partial charge in [-0.05, 0) is 46.3 Å². The summed E-state index contributed by atoms with van der Waals surface area (Å²) in [6, 6.07) is 8.21. The number of benzene rings is 2. The molecule has 1 aromatic heterocycles. The van der Waals surface area contributed by atoms with Crippen LogP contribution < -0.4 is 15.8 Å². The number of nitrogen functional groups attached to an aromatic ring is 1. The Hall–Kier alpha value is -3.34. The fraction of sp³-hybridized carbons (Fsp3) is 0.0556. The van der Waals surface area contributed by atoms with Crippen LogP contribution in [0, 0.1) is 5.41 Å². The summed E-state index contributed by atoms with van der Waals surface area (Å²) in [6.07, 6.45) is -2.49. The van der Waals surface area contributed by atoms with E-state index in [1.54, 1.807) is 0 Å². The van der Waals surface area contributed by atoms with Crippen molar-refractivity contribution in [1.29, 1.82) is 5.41 Å². The van der Waals surface area contributed by atoms with Crippen molar-refractivity contribution in [3.05, 3.63) is 70.3 Å². The van der Waals surface area contributed by atoms with Crippen LogP contribution in [0.25, 0.3) is 0 Å². The Morgan fingerprint density at radius 3 is 2.66 bits per heavy atom. The molecule has 0 unspecified atom stereocenters. The van der Waals surface area contributed by atoms with E-state index in [0.29, 0.717) is 0 Å². The first kappa shape index (κ1) is 20.4. The summed E-state index contributed by atoms with van der Waals surface area (Å²) in [5.41, 5.74) is 6.19.